The van der Waals surface area contributed by atoms with E-state index in [4.69, 9.17) is 9.15 Å². The number of anilines is 1. The molecule has 4 nitrogen and oxygen atoms in total. The Morgan fingerprint density at radius 2 is 2.29 bits per heavy atom. The van der Waals surface area contributed by atoms with Crippen LogP contribution in [0.4, 0.5) is 5.82 Å². The van der Waals surface area contributed by atoms with Crippen LogP contribution in [0.25, 0.3) is 11.0 Å². The highest BCUT2D eigenvalue weighted by molar-refractivity contribution is 9.09. The summed E-state index contributed by atoms with van der Waals surface area (Å²) in [4.78, 5) is 6.63. The number of aromatic nitrogens is 1. The van der Waals surface area contributed by atoms with Crippen molar-refractivity contribution in [3.8, 4) is 0 Å². The number of furan rings is 1. The van der Waals surface area contributed by atoms with E-state index in [9.17, 15) is 0 Å². The number of hydrogen-bond donors (Lipinski definition) is 0. The van der Waals surface area contributed by atoms with Crippen LogP contribution in [-0.4, -0.2) is 37.1 Å². The number of alkyl halides is 1. The normalized spacial score (nSPS) is 10.9. The van der Waals surface area contributed by atoms with Crippen molar-refractivity contribution in [2.75, 3.05) is 37.0 Å². The number of halogens is 1. The van der Waals surface area contributed by atoms with E-state index >= 15 is 0 Å². The molecule has 0 amide bonds. The Hall–Kier alpha value is -1.07. The number of fused-ring (bicyclic) bond motifs is 1. The molecule has 0 saturated carbocycles. The van der Waals surface area contributed by atoms with Crippen molar-refractivity contribution in [3.63, 3.8) is 0 Å². The Morgan fingerprint density at radius 1 is 1.41 bits per heavy atom. The van der Waals surface area contributed by atoms with Crippen molar-refractivity contribution in [1.29, 1.82) is 0 Å². The largest absolute Gasteiger partial charge is 0.464 e. The van der Waals surface area contributed by atoms with Gasteiger partial charge in [0.1, 0.15) is 11.4 Å². The van der Waals surface area contributed by atoms with E-state index in [1.54, 1.807) is 19.6 Å². The summed E-state index contributed by atoms with van der Waals surface area (Å²) in [6.45, 7) is 2.39. The van der Waals surface area contributed by atoms with Crippen LogP contribution in [0.5, 0.6) is 0 Å². The average molecular weight is 299 g/mol. The van der Waals surface area contributed by atoms with Crippen molar-refractivity contribution < 1.29 is 9.15 Å². The fourth-order valence-electron chi connectivity index (χ4n) is 1.76. The second-order valence-electron chi connectivity index (χ2n) is 3.64. The zero-order chi connectivity index (χ0) is 12.1. The van der Waals surface area contributed by atoms with Crippen LogP contribution < -0.4 is 4.90 Å². The third-order valence-corrected chi connectivity index (χ3v) is 2.93. The predicted molar refractivity (Wildman–Crippen MR) is 71.9 cm³/mol. The van der Waals surface area contributed by atoms with Crippen LogP contribution in [0.2, 0.25) is 0 Å². The molecule has 0 N–H and O–H groups in total. The summed E-state index contributed by atoms with van der Waals surface area (Å²) in [5, 5.41) is 1.94. The van der Waals surface area contributed by atoms with Gasteiger partial charge in [0, 0.05) is 31.7 Å². The summed E-state index contributed by atoms with van der Waals surface area (Å²) in [5.74, 6) is 0.952. The Bertz CT molecular complexity index is 472. The molecule has 2 aromatic heterocycles. The first-order chi connectivity index (χ1) is 8.36. The third kappa shape index (κ3) is 2.79. The lowest BCUT2D eigenvalue weighted by Crippen LogP contribution is -2.29. The van der Waals surface area contributed by atoms with Crippen LogP contribution >= 0.6 is 15.9 Å². The summed E-state index contributed by atoms with van der Waals surface area (Å²) in [6, 6.07) is 3.83. The summed E-state index contributed by atoms with van der Waals surface area (Å²) in [6.07, 6.45) is 3.47. The molecule has 5 heteroatoms. The zero-order valence-electron chi connectivity index (χ0n) is 9.73. The van der Waals surface area contributed by atoms with Gasteiger partial charge in [-0.15, -0.1) is 0 Å². The Kier molecular flexibility index (Phi) is 4.39. The molecule has 0 unspecified atom stereocenters. The minimum atomic E-state index is 0.683. The maximum Gasteiger partial charge on any atom is 0.139 e. The lowest BCUT2D eigenvalue weighted by atomic mass is 10.3. The van der Waals surface area contributed by atoms with Crippen molar-refractivity contribution in [3.05, 3.63) is 24.6 Å². The first-order valence-electron chi connectivity index (χ1n) is 5.49. The van der Waals surface area contributed by atoms with Crippen LogP contribution in [0.1, 0.15) is 0 Å². The molecular weight excluding hydrogens is 284 g/mol. The molecule has 2 rings (SSSR count). The van der Waals surface area contributed by atoms with Gasteiger partial charge in [0.15, 0.2) is 0 Å². The summed E-state index contributed by atoms with van der Waals surface area (Å²) in [5.41, 5.74) is 0.868. The number of ether oxygens (including phenoxy) is 1. The molecule has 0 aliphatic carbocycles. The SMILES string of the molecule is COCCN(CCBr)c1nccc2occc12. The molecule has 92 valence electrons. The molecule has 0 saturated heterocycles. The van der Waals surface area contributed by atoms with Gasteiger partial charge in [-0.2, -0.15) is 0 Å². The fourth-order valence-corrected chi connectivity index (χ4v) is 2.19. The van der Waals surface area contributed by atoms with Crippen molar-refractivity contribution in [2.24, 2.45) is 0 Å². The molecule has 0 aromatic carbocycles. The Balaban J connectivity index is 2.30. The summed E-state index contributed by atoms with van der Waals surface area (Å²) in [7, 11) is 1.71. The van der Waals surface area contributed by atoms with Gasteiger partial charge in [0.2, 0.25) is 0 Å². The van der Waals surface area contributed by atoms with E-state index in [1.807, 2.05) is 12.1 Å². The average Bonchev–Trinajstić information content (AvgIpc) is 2.82. The maximum atomic E-state index is 5.38. The number of pyridine rings is 1. The molecule has 2 heterocycles. The van der Waals surface area contributed by atoms with Crippen LogP contribution in [0.3, 0.4) is 0 Å². The number of hydrogen-bond acceptors (Lipinski definition) is 4. The highest BCUT2D eigenvalue weighted by Crippen LogP contribution is 2.25. The topological polar surface area (TPSA) is 38.5 Å². The minimum absolute atomic E-state index is 0.683. The van der Waals surface area contributed by atoms with Crippen molar-refractivity contribution in [2.45, 2.75) is 0 Å². The predicted octanol–water partition coefficient (Wildman–Crippen LogP) is 2.68. The zero-order valence-corrected chi connectivity index (χ0v) is 11.3. The number of nitrogens with zero attached hydrogens (tertiary/aromatic N) is 2. The standard InChI is InChI=1S/C12H15BrN2O2/c1-16-9-7-15(6-4-13)12-10-3-8-17-11(10)2-5-14-12/h2-3,5,8H,4,6-7,9H2,1H3. The van der Waals surface area contributed by atoms with E-state index in [0.29, 0.717) is 6.61 Å². The monoisotopic (exact) mass is 298 g/mol. The molecule has 2 aromatic rings. The Labute approximate surface area is 109 Å². The molecule has 0 aliphatic heterocycles. The summed E-state index contributed by atoms with van der Waals surface area (Å²) >= 11 is 3.46. The van der Waals surface area contributed by atoms with E-state index in [1.165, 1.54) is 0 Å². The molecule has 0 aliphatic rings. The van der Waals surface area contributed by atoms with Gasteiger partial charge in [-0.05, 0) is 12.1 Å². The second kappa shape index (κ2) is 6.02. The molecule has 0 radical (unpaired) electrons. The number of rotatable bonds is 6. The first kappa shape index (κ1) is 12.4. The van der Waals surface area contributed by atoms with E-state index in [0.717, 1.165) is 35.2 Å². The van der Waals surface area contributed by atoms with Gasteiger partial charge in [-0.3, -0.25) is 0 Å². The Morgan fingerprint density at radius 3 is 3.06 bits per heavy atom. The molecule has 0 atom stereocenters. The molecular formula is C12H15BrN2O2. The second-order valence-corrected chi connectivity index (χ2v) is 4.43. The fraction of sp³-hybridized carbons (Fsp3) is 0.417. The first-order valence-corrected chi connectivity index (χ1v) is 6.61. The van der Waals surface area contributed by atoms with E-state index < -0.39 is 0 Å². The molecule has 17 heavy (non-hydrogen) atoms. The van der Waals surface area contributed by atoms with Gasteiger partial charge in [0.25, 0.3) is 0 Å². The van der Waals surface area contributed by atoms with Gasteiger partial charge >= 0.3 is 0 Å². The number of methoxy groups -OCH3 is 1. The van der Waals surface area contributed by atoms with Gasteiger partial charge in [0.05, 0.1) is 18.3 Å². The maximum absolute atomic E-state index is 5.38. The van der Waals surface area contributed by atoms with Crippen molar-refractivity contribution >= 4 is 32.7 Å². The van der Waals surface area contributed by atoms with Crippen LogP contribution in [-0.2, 0) is 4.74 Å². The van der Waals surface area contributed by atoms with Crippen LogP contribution in [0, 0.1) is 0 Å². The molecule has 0 bridgehead atoms. The highest BCUT2D eigenvalue weighted by Gasteiger charge is 2.12. The molecule has 0 fully saturated rings. The lowest BCUT2D eigenvalue weighted by Gasteiger charge is -2.22. The lowest BCUT2D eigenvalue weighted by molar-refractivity contribution is 0.205. The third-order valence-electron chi connectivity index (χ3n) is 2.58. The van der Waals surface area contributed by atoms with Crippen molar-refractivity contribution in [1.82, 2.24) is 4.98 Å². The quantitative estimate of drug-likeness (QED) is 0.769. The minimum Gasteiger partial charge on any atom is -0.464 e. The van der Waals surface area contributed by atoms with Crippen LogP contribution in [0.15, 0.2) is 29.0 Å². The van der Waals surface area contributed by atoms with Gasteiger partial charge in [-0.25, -0.2) is 4.98 Å². The van der Waals surface area contributed by atoms with E-state index in [-0.39, 0.29) is 0 Å². The summed E-state index contributed by atoms with van der Waals surface area (Å²) < 4.78 is 10.5. The smallest absolute Gasteiger partial charge is 0.139 e. The van der Waals surface area contributed by atoms with E-state index in [2.05, 4.69) is 25.8 Å². The highest BCUT2D eigenvalue weighted by atomic mass is 79.9. The van der Waals surface area contributed by atoms with Gasteiger partial charge in [-0.1, -0.05) is 15.9 Å². The molecule has 0 spiro atoms. The van der Waals surface area contributed by atoms with Gasteiger partial charge < -0.3 is 14.1 Å².